The van der Waals surface area contributed by atoms with E-state index in [2.05, 4.69) is 157 Å². The summed E-state index contributed by atoms with van der Waals surface area (Å²) in [7, 11) is 0. The minimum Gasteiger partial charge on any atom is -0.456 e. The van der Waals surface area contributed by atoms with Crippen molar-refractivity contribution in [3.63, 3.8) is 0 Å². The predicted octanol–water partition coefficient (Wildman–Crippen LogP) is 13.4. The number of anilines is 3. The summed E-state index contributed by atoms with van der Waals surface area (Å²) in [5, 5.41) is 7.01. The number of nitrogens with zero attached hydrogens (tertiary/aromatic N) is 1. The van der Waals surface area contributed by atoms with E-state index in [0.717, 1.165) is 66.7 Å². The second-order valence-electron chi connectivity index (χ2n) is 12.5. The van der Waals surface area contributed by atoms with Gasteiger partial charge < -0.3 is 13.7 Å². The maximum atomic E-state index is 6.35. The topological polar surface area (TPSA) is 29.5 Å². The molecule has 0 spiro atoms. The normalized spacial score (nSPS) is 11.7. The molecule has 0 saturated carbocycles. The number of rotatable bonds is 5. The first-order chi connectivity index (χ1) is 24.3. The van der Waals surface area contributed by atoms with Crippen molar-refractivity contribution >= 4 is 71.7 Å². The van der Waals surface area contributed by atoms with Crippen LogP contribution in [-0.2, 0) is 0 Å². The van der Waals surface area contributed by atoms with Crippen molar-refractivity contribution in [2.45, 2.75) is 0 Å². The van der Waals surface area contributed by atoms with Crippen molar-refractivity contribution in [1.82, 2.24) is 0 Å². The molecule has 0 aliphatic carbocycles. The average Bonchev–Trinajstić information content (AvgIpc) is 3.75. The maximum absolute atomic E-state index is 6.35. The fourth-order valence-electron chi connectivity index (χ4n) is 7.41. The van der Waals surface area contributed by atoms with Crippen LogP contribution in [0.3, 0.4) is 0 Å². The highest BCUT2D eigenvalue weighted by Crippen LogP contribution is 2.41. The number of fused-ring (bicyclic) bond motifs is 8. The van der Waals surface area contributed by atoms with Gasteiger partial charge in [-0.15, -0.1) is 0 Å². The largest absolute Gasteiger partial charge is 0.456 e. The Labute approximate surface area is 282 Å². The summed E-state index contributed by atoms with van der Waals surface area (Å²) in [6.07, 6.45) is 0. The van der Waals surface area contributed by atoms with Gasteiger partial charge in [-0.2, -0.15) is 0 Å². The van der Waals surface area contributed by atoms with Crippen LogP contribution in [-0.4, -0.2) is 0 Å². The molecule has 3 nitrogen and oxygen atoms in total. The van der Waals surface area contributed by atoms with Gasteiger partial charge in [0.25, 0.3) is 0 Å². The minimum atomic E-state index is 0.909. The molecule has 0 radical (unpaired) electrons. The first-order valence-corrected chi connectivity index (χ1v) is 16.6. The Morgan fingerprint density at radius 2 is 0.857 bits per heavy atom. The van der Waals surface area contributed by atoms with Gasteiger partial charge in [-0.25, -0.2) is 0 Å². The maximum Gasteiger partial charge on any atom is 0.143 e. The monoisotopic (exact) mass is 627 g/mol. The molecular weight excluding hydrogens is 599 g/mol. The van der Waals surface area contributed by atoms with Crippen molar-refractivity contribution in [1.29, 1.82) is 0 Å². The molecule has 0 aliphatic rings. The Kier molecular flexibility index (Phi) is 6.18. The molecule has 10 aromatic rings. The lowest BCUT2D eigenvalue weighted by molar-refractivity contribution is 0.669. The molecule has 2 aromatic heterocycles. The van der Waals surface area contributed by atoms with Crippen LogP contribution < -0.4 is 4.90 Å². The van der Waals surface area contributed by atoms with E-state index in [-0.39, 0.29) is 0 Å². The zero-order chi connectivity index (χ0) is 32.3. The Morgan fingerprint density at radius 1 is 0.306 bits per heavy atom. The Hall–Kier alpha value is -6.58. The summed E-state index contributed by atoms with van der Waals surface area (Å²) in [5.41, 5.74) is 11.5. The Bertz CT molecular complexity index is 2810. The van der Waals surface area contributed by atoms with Crippen LogP contribution in [0.1, 0.15) is 0 Å². The van der Waals surface area contributed by atoms with Crippen molar-refractivity contribution in [3.05, 3.63) is 176 Å². The van der Waals surface area contributed by atoms with Crippen LogP contribution in [0.25, 0.3) is 76.9 Å². The summed E-state index contributed by atoms with van der Waals surface area (Å²) in [6.45, 7) is 0. The summed E-state index contributed by atoms with van der Waals surface area (Å²) in [4.78, 5) is 2.31. The molecule has 230 valence electrons. The van der Waals surface area contributed by atoms with Gasteiger partial charge in [0.2, 0.25) is 0 Å². The first-order valence-electron chi connectivity index (χ1n) is 16.6. The third-order valence-electron chi connectivity index (χ3n) is 9.69. The average molecular weight is 628 g/mol. The van der Waals surface area contributed by atoms with Crippen LogP contribution >= 0.6 is 0 Å². The molecule has 49 heavy (non-hydrogen) atoms. The van der Waals surface area contributed by atoms with Crippen molar-refractivity contribution in [3.8, 4) is 22.3 Å². The predicted molar refractivity (Wildman–Crippen MR) is 204 cm³/mol. The van der Waals surface area contributed by atoms with Crippen molar-refractivity contribution in [2.75, 3.05) is 4.90 Å². The molecule has 0 aliphatic heterocycles. The van der Waals surface area contributed by atoms with Gasteiger partial charge in [0, 0.05) is 44.2 Å². The van der Waals surface area contributed by atoms with Gasteiger partial charge in [0.05, 0.1) is 0 Å². The van der Waals surface area contributed by atoms with Crippen molar-refractivity contribution in [2.24, 2.45) is 0 Å². The molecule has 2 heterocycles. The van der Waals surface area contributed by atoms with E-state index >= 15 is 0 Å². The van der Waals surface area contributed by atoms with E-state index < -0.39 is 0 Å². The van der Waals surface area contributed by atoms with Gasteiger partial charge in [-0.05, 0) is 82.1 Å². The molecule has 0 saturated heterocycles. The SMILES string of the molecule is c1ccc(N(c2ccc(-c3cccc4c3ccc3oc5ccccc5c34)cc2)c2ccc(-c3cccc4c3oc3ccccc34)cc2)cc1. The lowest BCUT2D eigenvalue weighted by Crippen LogP contribution is -2.09. The second-order valence-corrected chi connectivity index (χ2v) is 12.5. The van der Waals surface area contributed by atoms with Crippen LogP contribution in [0.2, 0.25) is 0 Å². The summed E-state index contributed by atoms with van der Waals surface area (Å²) < 4.78 is 12.5. The van der Waals surface area contributed by atoms with Crippen LogP contribution in [0.15, 0.2) is 185 Å². The quantitative estimate of drug-likeness (QED) is 0.190. The lowest BCUT2D eigenvalue weighted by atomic mass is 9.95. The van der Waals surface area contributed by atoms with Crippen LogP contribution in [0, 0.1) is 0 Å². The number of furan rings is 2. The van der Waals surface area contributed by atoms with E-state index in [9.17, 15) is 0 Å². The number of benzene rings is 8. The number of para-hydroxylation sites is 4. The minimum absolute atomic E-state index is 0.909. The third-order valence-corrected chi connectivity index (χ3v) is 9.69. The Morgan fingerprint density at radius 3 is 1.59 bits per heavy atom. The van der Waals surface area contributed by atoms with Crippen LogP contribution in [0.5, 0.6) is 0 Å². The van der Waals surface area contributed by atoms with Gasteiger partial charge in [0.1, 0.15) is 22.3 Å². The summed E-state index contributed by atoms with van der Waals surface area (Å²) in [5.74, 6) is 0. The highest BCUT2D eigenvalue weighted by Gasteiger charge is 2.17. The second kappa shape index (κ2) is 11.0. The van der Waals surface area contributed by atoms with Gasteiger partial charge in [0.15, 0.2) is 0 Å². The standard InChI is InChI=1S/C46H29NO2/c1-2-10-32(11-3-1)47(34-26-22-31(23-27-34)36-15-9-17-40-38-12-4-6-18-42(38)49-46(36)40)33-24-20-30(21-25-33)35-14-8-16-39-37(35)28-29-44-45(39)41-13-5-7-19-43(41)48-44/h1-29H. The zero-order valence-corrected chi connectivity index (χ0v) is 26.5. The molecule has 0 fully saturated rings. The lowest BCUT2D eigenvalue weighted by Gasteiger charge is -2.26. The van der Waals surface area contributed by atoms with Crippen LogP contribution in [0.4, 0.5) is 17.1 Å². The molecule has 8 aromatic carbocycles. The van der Waals surface area contributed by atoms with E-state index in [1.165, 1.54) is 27.3 Å². The van der Waals surface area contributed by atoms with Crippen molar-refractivity contribution < 1.29 is 8.83 Å². The zero-order valence-electron chi connectivity index (χ0n) is 26.5. The third kappa shape index (κ3) is 4.44. The number of hydrogen-bond acceptors (Lipinski definition) is 3. The van der Waals surface area contributed by atoms with Gasteiger partial charge >= 0.3 is 0 Å². The number of hydrogen-bond donors (Lipinski definition) is 0. The van der Waals surface area contributed by atoms with E-state index in [0.29, 0.717) is 0 Å². The van der Waals surface area contributed by atoms with E-state index in [4.69, 9.17) is 8.83 Å². The fraction of sp³-hybridized carbons (Fsp3) is 0. The molecule has 0 bridgehead atoms. The first kappa shape index (κ1) is 27.5. The van der Waals surface area contributed by atoms with Gasteiger partial charge in [-0.1, -0.05) is 121 Å². The molecule has 0 atom stereocenters. The fourth-order valence-corrected chi connectivity index (χ4v) is 7.41. The molecule has 10 rings (SSSR count). The van der Waals surface area contributed by atoms with Gasteiger partial charge in [-0.3, -0.25) is 0 Å². The highest BCUT2D eigenvalue weighted by atomic mass is 16.3. The summed E-state index contributed by atoms with van der Waals surface area (Å²) in [6, 6.07) is 62.0. The van der Waals surface area contributed by atoms with E-state index in [1.807, 2.05) is 24.3 Å². The summed E-state index contributed by atoms with van der Waals surface area (Å²) >= 11 is 0. The smallest absolute Gasteiger partial charge is 0.143 e. The molecule has 0 unspecified atom stereocenters. The molecule has 0 N–H and O–H groups in total. The Balaban J connectivity index is 1.04. The van der Waals surface area contributed by atoms with E-state index in [1.54, 1.807) is 0 Å². The molecular formula is C46H29NO2. The highest BCUT2D eigenvalue weighted by molar-refractivity contribution is 6.21. The molecule has 0 amide bonds. The molecule has 3 heteroatoms.